The summed E-state index contributed by atoms with van der Waals surface area (Å²) >= 11 is 0. The maximum atomic E-state index is 11.9. The molecule has 2 amide bonds. The van der Waals surface area contributed by atoms with E-state index in [9.17, 15) is 4.79 Å². The number of rotatable bonds is 5. The molecule has 0 saturated heterocycles. The SMILES string of the molecule is COc1cccc(-c2nnc(CNC(=O)NC3CCCCC3)o2)c1. The maximum absolute atomic E-state index is 11.9. The van der Waals surface area contributed by atoms with E-state index in [-0.39, 0.29) is 18.6 Å². The third-order valence-corrected chi connectivity index (χ3v) is 4.12. The fourth-order valence-corrected chi connectivity index (χ4v) is 2.84. The normalized spacial score (nSPS) is 15.0. The molecule has 7 heteroatoms. The van der Waals surface area contributed by atoms with Gasteiger partial charge in [0.25, 0.3) is 0 Å². The molecule has 3 rings (SSSR count). The molecular formula is C17H22N4O3. The topological polar surface area (TPSA) is 89.3 Å². The smallest absolute Gasteiger partial charge is 0.315 e. The number of hydrogen-bond donors (Lipinski definition) is 2. The second kappa shape index (κ2) is 7.81. The predicted octanol–water partition coefficient (Wildman–Crippen LogP) is 2.88. The van der Waals surface area contributed by atoms with Crippen molar-refractivity contribution in [2.45, 2.75) is 44.7 Å². The highest BCUT2D eigenvalue weighted by Crippen LogP contribution is 2.22. The van der Waals surface area contributed by atoms with Gasteiger partial charge in [-0.3, -0.25) is 0 Å². The molecular weight excluding hydrogens is 308 g/mol. The van der Waals surface area contributed by atoms with Gasteiger partial charge >= 0.3 is 6.03 Å². The quantitative estimate of drug-likeness (QED) is 0.880. The lowest BCUT2D eigenvalue weighted by Crippen LogP contribution is -2.42. The zero-order valence-corrected chi connectivity index (χ0v) is 13.7. The molecule has 1 aromatic heterocycles. The van der Waals surface area contributed by atoms with Crippen molar-refractivity contribution in [2.75, 3.05) is 7.11 Å². The zero-order valence-electron chi connectivity index (χ0n) is 13.7. The first-order valence-corrected chi connectivity index (χ1v) is 8.26. The van der Waals surface area contributed by atoms with Crippen molar-refractivity contribution in [1.82, 2.24) is 20.8 Å². The van der Waals surface area contributed by atoms with Crippen molar-refractivity contribution < 1.29 is 13.9 Å². The molecule has 1 aromatic carbocycles. The van der Waals surface area contributed by atoms with E-state index >= 15 is 0 Å². The number of ether oxygens (including phenoxy) is 1. The fraction of sp³-hybridized carbons (Fsp3) is 0.471. The van der Waals surface area contributed by atoms with Crippen LogP contribution in [0, 0.1) is 0 Å². The Kier molecular flexibility index (Phi) is 5.30. The van der Waals surface area contributed by atoms with Crippen LogP contribution in [0.3, 0.4) is 0 Å². The van der Waals surface area contributed by atoms with Crippen LogP contribution >= 0.6 is 0 Å². The summed E-state index contributed by atoms with van der Waals surface area (Å²) in [4.78, 5) is 11.9. The summed E-state index contributed by atoms with van der Waals surface area (Å²) in [5.74, 6) is 1.49. The molecule has 1 saturated carbocycles. The number of benzene rings is 1. The van der Waals surface area contributed by atoms with Crippen LogP contribution in [-0.4, -0.2) is 29.4 Å². The minimum Gasteiger partial charge on any atom is -0.497 e. The van der Waals surface area contributed by atoms with Crippen LogP contribution < -0.4 is 15.4 Å². The van der Waals surface area contributed by atoms with E-state index in [4.69, 9.17) is 9.15 Å². The monoisotopic (exact) mass is 330 g/mol. The average Bonchev–Trinajstić information content (AvgIpc) is 3.10. The molecule has 2 aromatic rings. The van der Waals surface area contributed by atoms with Gasteiger partial charge in [0.1, 0.15) is 5.75 Å². The Morgan fingerprint density at radius 2 is 2.12 bits per heavy atom. The third kappa shape index (κ3) is 4.24. The molecule has 2 N–H and O–H groups in total. The van der Waals surface area contributed by atoms with Gasteiger partial charge in [-0.25, -0.2) is 4.79 Å². The number of urea groups is 1. The van der Waals surface area contributed by atoms with Crippen molar-refractivity contribution in [2.24, 2.45) is 0 Å². The number of methoxy groups -OCH3 is 1. The molecule has 0 aliphatic heterocycles. The molecule has 1 aliphatic carbocycles. The van der Waals surface area contributed by atoms with Gasteiger partial charge in [-0.1, -0.05) is 25.3 Å². The Labute approximate surface area is 140 Å². The van der Waals surface area contributed by atoms with E-state index in [1.54, 1.807) is 7.11 Å². The lowest BCUT2D eigenvalue weighted by atomic mass is 9.96. The van der Waals surface area contributed by atoms with Crippen molar-refractivity contribution in [3.63, 3.8) is 0 Å². The van der Waals surface area contributed by atoms with E-state index in [1.807, 2.05) is 24.3 Å². The Bertz CT molecular complexity index is 680. The average molecular weight is 330 g/mol. The van der Waals surface area contributed by atoms with Crippen LogP contribution in [0.25, 0.3) is 11.5 Å². The number of aromatic nitrogens is 2. The second-order valence-electron chi connectivity index (χ2n) is 5.89. The molecule has 1 heterocycles. The molecule has 1 aliphatic rings. The summed E-state index contributed by atoms with van der Waals surface area (Å²) in [6.07, 6.45) is 5.72. The molecule has 7 nitrogen and oxygen atoms in total. The van der Waals surface area contributed by atoms with Crippen molar-refractivity contribution in [3.8, 4) is 17.2 Å². The Balaban J connectivity index is 1.53. The van der Waals surface area contributed by atoms with E-state index < -0.39 is 0 Å². The van der Waals surface area contributed by atoms with Gasteiger partial charge in [0.2, 0.25) is 11.8 Å². The number of nitrogens with one attached hydrogen (secondary N) is 2. The molecule has 0 spiro atoms. The van der Waals surface area contributed by atoms with Crippen LogP contribution in [0.15, 0.2) is 28.7 Å². The first-order valence-electron chi connectivity index (χ1n) is 8.26. The van der Waals surface area contributed by atoms with Gasteiger partial charge in [0, 0.05) is 11.6 Å². The molecule has 0 bridgehead atoms. The summed E-state index contributed by atoms with van der Waals surface area (Å²) in [7, 11) is 1.60. The summed E-state index contributed by atoms with van der Waals surface area (Å²) in [5.41, 5.74) is 0.778. The van der Waals surface area contributed by atoms with E-state index in [2.05, 4.69) is 20.8 Å². The van der Waals surface area contributed by atoms with Crippen LogP contribution in [0.5, 0.6) is 5.75 Å². The lowest BCUT2D eigenvalue weighted by molar-refractivity contribution is 0.231. The summed E-state index contributed by atoms with van der Waals surface area (Å²) in [5, 5.41) is 13.7. The van der Waals surface area contributed by atoms with Crippen molar-refractivity contribution >= 4 is 6.03 Å². The summed E-state index contributed by atoms with van der Waals surface area (Å²) < 4.78 is 10.8. The zero-order chi connectivity index (χ0) is 16.8. The van der Waals surface area contributed by atoms with Crippen molar-refractivity contribution in [1.29, 1.82) is 0 Å². The molecule has 0 unspecified atom stereocenters. The third-order valence-electron chi connectivity index (χ3n) is 4.12. The molecule has 1 fully saturated rings. The van der Waals surface area contributed by atoms with Crippen molar-refractivity contribution in [3.05, 3.63) is 30.2 Å². The van der Waals surface area contributed by atoms with Gasteiger partial charge in [0.15, 0.2) is 0 Å². The standard InChI is InChI=1S/C17H22N4O3/c1-23-14-9-5-6-12(10-14)16-21-20-15(24-16)11-18-17(22)19-13-7-3-2-4-8-13/h5-6,9-10,13H,2-4,7-8,11H2,1H3,(H2,18,19,22). The number of carbonyl (C=O) groups excluding carboxylic acids is 1. The van der Waals surface area contributed by atoms with E-state index in [1.165, 1.54) is 19.3 Å². The molecule has 128 valence electrons. The highest BCUT2D eigenvalue weighted by molar-refractivity contribution is 5.74. The Morgan fingerprint density at radius 1 is 1.29 bits per heavy atom. The number of nitrogens with zero attached hydrogens (tertiary/aromatic N) is 2. The highest BCUT2D eigenvalue weighted by Gasteiger charge is 2.16. The second-order valence-corrected chi connectivity index (χ2v) is 5.89. The van der Waals surface area contributed by atoms with Gasteiger partial charge < -0.3 is 19.8 Å². The van der Waals surface area contributed by atoms with Gasteiger partial charge in [-0.15, -0.1) is 10.2 Å². The van der Waals surface area contributed by atoms with Gasteiger partial charge in [-0.05, 0) is 31.0 Å². The minimum absolute atomic E-state index is 0.192. The first kappa shape index (κ1) is 16.3. The number of amides is 2. The maximum Gasteiger partial charge on any atom is 0.315 e. The van der Waals surface area contributed by atoms with Crippen LogP contribution in [0.2, 0.25) is 0 Å². The highest BCUT2D eigenvalue weighted by atomic mass is 16.5. The molecule has 24 heavy (non-hydrogen) atoms. The Morgan fingerprint density at radius 3 is 2.92 bits per heavy atom. The van der Waals surface area contributed by atoms with E-state index in [0.717, 1.165) is 24.2 Å². The van der Waals surface area contributed by atoms with Crippen LogP contribution in [0.1, 0.15) is 38.0 Å². The largest absolute Gasteiger partial charge is 0.497 e. The molecule has 0 radical (unpaired) electrons. The first-order chi connectivity index (χ1) is 11.7. The molecule has 0 atom stereocenters. The van der Waals surface area contributed by atoms with Gasteiger partial charge in [0.05, 0.1) is 13.7 Å². The summed E-state index contributed by atoms with van der Waals surface area (Å²) in [6.45, 7) is 0.204. The van der Waals surface area contributed by atoms with Crippen LogP contribution in [-0.2, 0) is 6.54 Å². The number of carbonyl (C=O) groups is 1. The number of hydrogen-bond acceptors (Lipinski definition) is 5. The minimum atomic E-state index is -0.192. The summed E-state index contributed by atoms with van der Waals surface area (Å²) in [6, 6.07) is 7.46. The fourth-order valence-electron chi connectivity index (χ4n) is 2.84. The predicted molar refractivity (Wildman–Crippen MR) is 88.5 cm³/mol. The Hall–Kier alpha value is -2.57. The van der Waals surface area contributed by atoms with E-state index in [0.29, 0.717) is 11.8 Å². The van der Waals surface area contributed by atoms with Gasteiger partial charge in [-0.2, -0.15) is 0 Å². The van der Waals surface area contributed by atoms with Crippen LogP contribution in [0.4, 0.5) is 4.79 Å². The lowest BCUT2D eigenvalue weighted by Gasteiger charge is -2.22.